The summed E-state index contributed by atoms with van der Waals surface area (Å²) in [5.41, 5.74) is 1.56. The molecule has 80 valence electrons. The maximum atomic E-state index is 13.0. The zero-order chi connectivity index (χ0) is 10.7. The monoisotopic (exact) mass is 224 g/mol. The Morgan fingerprint density at radius 1 is 1.47 bits per heavy atom. The van der Waals surface area contributed by atoms with Crippen molar-refractivity contribution >= 4 is 22.6 Å². The van der Waals surface area contributed by atoms with Crippen molar-refractivity contribution in [2.45, 2.75) is 13.3 Å². The van der Waals surface area contributed by atoms with Gasteiger partial charge in [-0.15, -0.1) is 0 Å². The van der Waals surface area contributed by atoms with E-state index in [9.17, 15) is 4.39 Å². The highest BCUT2D eigenvalue weighted by molar-refractivity contribution is 8.14. The standard InChI is InChI=1S/C11H13FN2S/c1-8-7-9(3-4-10(8)12)14-11-13-5-2-6-15-11/h3-4,7H,2,5-6H2,1H3,(H,13,14). The minimum Gasteiger partial charge on any atom is -0.335 e. The second-order valence-corrected chi connectivity index (χ2v) is 4.56. The third-order valence-electron chi connectivity index (χ3n) is 2.21. The van der Waals surface area contributed by atoms with Crippen LogP contribution in [-0.4, -0.2) is 17.5 Å². The van der Waals surface area contributed by atoms with Gasteiger partial charge < -0.3 is 5.32 Å². The van der Waals surface area contributed by atoms with E-state index in [0.717, 1.165) is 29.6 Å². The van der Waals surface area contributed by atoms with Gasteiger partial charge in [-0.05, 0) is 37.1 Å². The molecule has 15 heavy (non-hydrogen) atoms. The molecule has 2 nitrogen and oxygen atoms in total. The average molecular weight is 224 g/mol. The molecule has 0 fully saturated rings. The van der Waals surface area contributed by atoms with Crippen LogP contribution >= 0.6 is 11.8 Å². The topological polar surface area (TPSA) is 24.4 Å². The average Bonchev–Trinajstić information content (AvgIpc) is 2.25. The summed E-state index contributed by atoms with van der Waals surface area (Å²) < 4.78 is 13.0. The number of rotatable bonds is 1. The van der Waals surface area contributed by atoms with Crippen LogP contribution in [0.1, 0.15) is 12.0 Å². The highest BCUT2D eigenvalue weighted by Gasteiger charge is 2.06. The molecule has 1 N–H and O–H groups in total. The summed E-state index contributed by atoms with van der Waals surface area (Å²) in [6.07, 6.45) is 1.14. The molecule has 0 aromatic heterocycles. The third kappa shape index (κ3) is 2.72. The fourth-order valence-electron chi connectivity index (χ4n) is 1.38. The summed E-state index contributed by atoms with van der Waals surface area (Å²) in [7, 11) is 0. The Morgan fingerprint density at radius 2 is 2.33 bits per heavy atom. The van der Waals surface area contributed by atoms with Crippen molar-refractivity contribution in [3.05, 3.63) is 29.6 Å². The lowest BCUT2D eigenvalue weighted by Crippen LogP contribution is -2.13. The molecule has 0 radical (unpaired) electrons. The lowest BCUT2D eigenvalue weighted by Gasteiger charge is -2.13. The molecule has 1 heterocycles. The van der Waals surface area contributed by atoms with Gasteiger partial charge in [-0.25, -0.2) is 4.39 Å². The van der Waals surface area contributed by atoms with E-state index in [1.165, 1.54) is 6.07 Å². The Hall–Kier alpha value is -1.03. The van der Waals surface area contributed by atoms with Gasteiger partial charge in [0, 0.05) is 18.0 Å². The third-order valence-corrected chi connectivity index (χ3v) is 3.20. The SMILES string of the molecule is Cc1cc(NC2=NCCCS2)ccc1F. The molecule has 1 aliphatic heterocycles. The van der Waals surface area contributed by atoms with E-state index in [1.807, 2.05) is 0 Å². The van der Waals surface area contributed by atoms with Crippen molar-refractivity contribution in [2.24, 2.45) is 4.99 Å². The number of anilines is 1. The van der Waals surface area contributed by atoms with Gasteiger partial charge in [0.2, 0.25) is 0 Å². The number of aryl methyl sites for hydroxylation is 1. The second kappa shape index (κ2) is 4.66. The maximum absolute atomic E-state index is 13.0. The molecule has 0 bridgehead atoms. The van der Waals surface area contributed by atoms with E-state index in [1.54, 1.807) is 30.8 Å². The molecular weight excluding hydrogens is 211 g/mol. The molecule has 0 unspecified atom stereocenters. The van der Waals surface area contributed by atoms with Gasteiger partial charge in [-0.3, -0.25) is 4.99 Å². The minimum atomic E-state index is -0.168. The van der Waals surface area contributed by atoms with Crippen LogP contribution in [0.5, 0.6) is 0 Å². The van der Waals surface area contributed by atoms with Gasteiger partial charge in [0.05, 0.1) is 0 Å². The summed E-state index contributed by atoms with van der Waals surface area (Å²) >= 11 is 1.71. The van der Waals surface area contributed by atoms with Crippen molar-refractivity contribution in [3.63, 3.8) is 0 Å². The Bertz CT molecular complexity index is 390. The van der Waals surface area contributed by atoms with Gasteiger partial charge in [0.15, 0.2) is 5.17 Å². The molecular formula is C11H13FN2S. The van der Waals surface area contributed by atoms with Crippen LogP contribution in [0.2, 0.25) is 0 Å². The van der Waals surface area contributed by atoms with Crippen molar-refractivity contribution in [3.8, 4) is 0 Å². The zero-order valence-electron chi connectivity index (χ0n) is 8.59. The van der Waals surface area contributed by atoms with E-state index in [0.29, 0.717) is 5.56 Å². The number of aliphatic imine (C=N–C) groups is 1. The quantitative estimate of drug-likeness (QED) is 0.793. The Morgan fingerprint density at radius 3 is 3.00 bits per heavy atom. The van der Waals surface area contributed by atoms with Crippen LogP contribution in [0.25, 0.3) is 0 Å². The summed E-state index contributed by atoms with van der Waals surface area (Å²) in [5, 5.41) is 4.13. The highest BCUT2D eigenvalue weighted by Crippen LogP contribution is 2.18. The predicted molar refractivity (Wildman–Crippen MR) is 64.1 cm³/mol. The molecule has 1 aromatic carbocycles. The normalized spacial score (nSPS) is 16.0. The fourth-order valence-corrected chi connectivity index (χ4v) is 2.22. The van der Waals surface area contributed by atoms with Crippen LogP contribution in [0.4, 0.5) is 10.1 Å². The van der Waals surface area contributed by atoms with Crippen LogP contribution < -0.4 is 5.32 Å². The summed E-state index contributed by atoms with van der Waals surface area (Å²) in [4.78, 5) is 4.35. The van der Waals surface area contributed by atoms with E-state index >= 15 is 0 Å². The molecule has 1 aliphatic rings. The number of nitrogens with zero attached hydrogens (tertiary/aromatic N) is 1. The van der Waals surface area contributed by atoms with E-state index < -0.39 is 0 Å². The lowest BCUT2D eigenvalue weighted by molar-refractivity contribution is 0.619. The Labute approximate surface area is 93.0 Å². The molecule has 1 aromatic rings. The van der Waals surface area contributed by atoms with Crippen LogP contribution in [0.3, 0.4) is 0 Å². The van der Waals surface area contributed by atoms with Crippen LogP contribution in [0.15, 0.2) is 23.2 Å². The summed E-state index contributed by atoms with van der Waals surface area (Å²) in [6, 6.07) is 5.01. The molecule has 2 rings (SSSR count). The first-order valence-corrected chi connectivity index (χ1v) is 5.95. The second-order valence-electron chi connectivity index (χ2n) is 3.48. The maximum Gasteiger partial charge on any atom is 0.161 e. The molecule has 0 amide bonds. The highest BCUT2D eigenvalue weighted by atomic mass is 32.2. The first-order valence-electron chi connectivity index (χ1n) is 4.96. The van der Waals surface area contributed by atoms with Crippen molar-refractivity contribution < 1.29 is 4.39 Å². The zero-order valence-corrected chi connectivity index (χ0v) is 9.40. The van der Waals surface area contributed by atoms with Gasteiger partial charge in [0.1, 0.15) is 5.82 Å². The van der Waals surface area contributed by atoms with Gasteiger partial charge >= 0.3 is 0 Å². The van der Waals surface area contributed by atoms with Crippen molar-refractivity contribution in [1.82, 2.24) is 0 Å². The molecule has 0 saturated heterocycles. The van der Waals surface area contributed by atoms with Gasteiger partial charge in [-0.1, -0.05) is 11.8 Å². The first kappa shape index (κ1) is 10.5. The smallest absolute Gasteiger partial charge is 0.161 e. The van der Waals surface area contributed by atoms with Crippen molar-refractivity contribution in [1.29, 1.82) is 0 Å². The summed E-state index contributed by atoms with van der Waals surface area (Å²) in [6.45, 7) is 2.64. The van der Waals surface area contributed by atoms with Gasteiger partial charge in [0.25, 0.3) is 0 Å². The number of benzene rings is 1. The van der Waals surface area contributed by atoms with E-state index in [2.05, 4.69) is 10.3 Å². The molecule has 0 spiro atoms. The number of amidine groups is 1. The Kier molecular flexibility index (Phi) is 3.26. The van der Waals surface area contributed by atoms with Crippen LogP contribution in [0, 0.1) is 12.7 Å². The molecule has 4 heteroatoms. The van der Waals surface area contributed by atoms with Crippen molar-refractivity contribution in [2.75, 3.05) is 17.6 Å². The van der Waals surface area contributed by atoms with E-state index in [4.69, 9.17) is 0 Å². The Balaban J connectivity index is 2.10. The largest absolute Gasteiger partial charge is 0.335 e. The number of halogens is 1. The van der Waals surface area contributed by atoms with E-state index in [-0.39, 0.29) is 5.82 Å². The predicted octanol–water partition coefficient (Wildman–Crippen LogP) is 3.04. The number of hydrogen-bond acceptors (Lipinski definition) is 3. The minimum absolute atomic E-state index is 0.168. The molecule has 0 atom stereocenters. The number of hydrogen-bond donors (Lipinski definition) is 1. The fraction of sp³-hybridized carbons (Fsp3) is 0.364. The lowest BCUT2D eigenvalue weighted by atomic mass is 10.2. The summed E-state index contributed by atoms with van der Waals surface area (Å²) in [5.74, 6) is 0.935. The number of thioether (sulfide) groups is 1. The number of nitrogens with one attached hydrogen (secondary N) is 1. The molecule has 0 aliphatic carbocycles. The molecule has 0 saturated carbocycles. The van der Waals surface area contributed by atoms with Gasteiger partial charge in [-0.2, -0.15) is 0 Å². The first-order chi connectivity index (χ1) is 7.25. The van der Waals surface area contributed by atoms with Crippen LogP contribution in [-0.2, 0) is 0 Å².